The molecule has 0 rings (SSSR count). The first-order valence-electron chi connectivity index (χ1n) is 5.21. The minimum atomic E-state index is 0.583. The Morgan fingerprint density at radius 1 is 1.27 bits per heavy atom. The summed E-state index contributed by atoms with van der Waals surface area (Å²) in [6, 6.07) is 0. The molecule has 0 aromatic rings. The molecule has 0 heterocycles. The number of halogens is 1. The van der Waals surface area contributed by atoms with Crippen LogP contribution in [0.2, 0.25) is 0 Å². The Bertz CT molecular complexity index is 285. The maximum atomic E-state index is 4.33. The molecule has 0 radical (unpaired) electrons. The molecule has 0 aromatic carbocycles. The van der Waals surface area contributed by atoms with Crippen molar-refractivity contribution in [2.24, 2.45) is 16.8 Å². The molecule has 0 spiro atoms. The highest BCUT2D eigenvalue weighted by Gasteiger charge is 2.01. The fourth-order valence-electron chi connectivity index (χ4n) is 0.858. The summed E-state index contributed by atoms with van der Waals surface area (Å²) >= 11 is 2.22. The summed E-state index contributed by atoms with van der Waals surface area (Å²) in [4.78, 5) is 4.33. The van der Waals surface area contributed by atoms with Gasteiger partial charge in [-0.25, -0.2) is 4.99 Å². The summed E-state index contributed by atoms with van der Waals surface area (Å²) in [5.74, 6) is 1.25. The quantitative estimate of drug-likeness (QED) is 0.394. The Morgan fingerprint density at radius 3 is 2.33 bits per heavy atom. The van der Waals surface area contributed by atoms with Crippen LogP contribution >= 0.6 is 22.6 Å². The highest BCUT2D eigenvalue weighted by molar-refractivity contribution is 14.1. The van der Waals surface area contributed by atoms with Crippen LogP contribution in [0.25, 0.3) is 0 Å². The molecule has 1 nitrogen and oxygen atoms in total. The van der Waals surface area contributed by atoms with E-state index in [1.807, 2.05) is 19.1 Å². The molecule has 0 aromatic heterocycles. The smallest absolute Gasteiger partial charge is 0.101 e. The van der Waals surface area contributed by atoms with Crippen LogP contribution in [0.1, 0.15) is 27.7 Å². The van der Waals surface area contributed by atoms with E-state index in [1.54, 1.807) is 0 Å². The minimum Gasteiger partial charge on any atom is -0.243 e. The first-order valence-corrected chi connectivity index (χ1v) is 6.29. The lowest BCUT2D eigenvalue weighted by atomic mass is 9.98. The van der Waals surface area contributed by atoms with Crippen LogP contribution in [0, 0.1) is 11.8 Å². The van der Waals surface area contributed by atoms with Crippen LogP contribution in [-0.4, -0.2) is 3.72 Å². The van der Waals surface area contributed by atoms with Crippen LogP contribution in [0.15, 0.2) is 41.6 Å². The van der Waals surface area contributed by atoms with Gasteiger partial charge in [-0.2, -0.15) is 0 Å². The molecule has 15 heavy (non-hydrogen) atoms. The first-order chi connectivity index (χ1) is 6.97. The zero-order valence-corrected chi connectivity index (χ0v) is 12.2. The summed E-state index contributed by atoms with van der Waals surface area (Å²) in [6.45, 7) is 12.5. The van der Waals surface area contributed by atoms with Gasteiger partial charge in [-0.05, 0) is 53.5 Å². The molecule has 0 amide bonds. The highest BCUT2D eigenvalue weighted by Crippen LogP contribution is 2.12. The lowest BCUT2D eigenvalue weighted by Gasteiger charge is -2.08. The summed E-state index contributed by atoms with van der Waals surface area (Å²) in [7, 11) is 0. The minimum absolute atomic E-state index is 0.583. The SMILES string of the molecule is C=C(/C=C\C)/N=C(I)/C=C\[C@H](C)C(C)C. The number of nitrogens with zero attached hydrogens (tertiary/aromatic N) is 1. The Hall–Kier alpha value is -0.380. The van der Waals surface area contributed by atoms with E-state index in [4.69, 9.17) is 0 Å². The van der Waals surface area contributed by atoms with Crippen LogP contribution in [-0.2, 0) is 0 Å². The average Bonchev–Trinajstić information content (AvgIpc) is 2.14. The van der Waals surface area contributed by atoms with E-state index >= 15 is 0 Å². The van der Waals surface area contributed by atoms with Gasteiger partial charge in [0, 0.05) is 0 Å². The van der Waals surface area contributed by atoms with Crippen LogP contribution in [0.4, 0.5) is 0 Å². The van der Waals surface area contributed by atoms with Crippen molar-refractivity contribution < 1.29 is 0 Å². The van der Waals surface area contributed by atoms with E-state index in [1.165, 1.54) is 0 Å². The molecule has 0 aliphatic carbocycles. The molecule has 2 heteroatoms. The van der Waals surface area contributed by atoms with Gasteiger partial charge < -0.3 is 0 Å². The zero-order chi connectivity index (χ0) is 11.8. The van der Waals surface area contributed by atoms with Gasteiger partial charge in [-0.15, -0.1) is 0 Å². The van der Waals surface area contributed by atoms with Gasteiger partial charge in [0.05, 0.1) is 5.70 Å². The molecule has 0 bridgehead atoms. The molecule has 0 N–H and O–H groups in total. The van der Waals surface area contributed by atoms with Crippen molar-refractivity contribution in [1.29, 1.82) is 0 Å². The van der Waals surface area contributed by atoms with E-state index in [0.29, 0.717) is 11.8 Å². The lowest BCUT2D eigenvalue weighted by Crippen LogP contribution is -1.99. The van der Waals surface area contributed by atoms with Gasteiger partial charge in [0.15, 0.2) is 0 Å². The van der Waals surface area contributed by atoms with Gasteiger partial charge in [0.25, 0.3) is 0 Å². The van der Waals surface area contributed by atoms with Crippen LogP contribution in [0.3, 0.4) is 0 Å². The molecular weight excluding hydrogens is 297 g/mol. The fraction of sp³-hybridized carbons (Fsp3) is 0.462. The summed E-state index contributed by atoms with van der Waals surface area (Å²) in [5, 5.41) is 0. The highest BCUT2D eigenvalue weighted by atomic mass is 127. The fourth-order valence-corrected chi connectivity index (χ4v) is 1.37. The standard InChI is InChI=1S/C13H20IN/c1-6-7-12(5)15-13(14)9-8-11(4)10(2)3/h6-11H,5H2,1-4H3/b7-6-,9-8-,15-13-/t11-/m0/s1. The van der Waals surface area contributed by atoms with Gasteiger partial charge in [0.2, 0.25) is 0 Å². The van der Waals surface area contributed by atoms with Gasteiger partial charge in [0.1, 0.15) is 3.72 Å². The number of rotatable bonds is 5. The Balaban J connectivity index is 4.35. The normalized spacial score (nSPS) is 15.5. The van der Waals surface area contributed by atoms with Gasteiger partial charge in [-0.1, -0.05) is 39.5 Å². The van der Waals surface area contributed by atoms with Crippen molar-refractivity contribution >= 4 is 26.3 Å². The molecule has 0 aliphatic rings. The maximum Gasteiger partial charge on any atom is 0.101 e. The predicted octanol–water partition coefficient (Wildman–Crippen LogP) is 4.76. The van der Waals surface area contributed by atoms with E-state index in [9.17, 15) is 0 Å². The Kier molecular flexibility index (Phi) is 7.65. The number of hydrogen-bond donors (Lipinski definition) is 0. The van der Waals surface area contributed by atoms with Crippen molar-refractivity contribution in [3.63, 3.8) is 0 Å². The van der Waals surface area contributed by atoms with E-state index in [-0.39, 0.29) is 0 Å². The molecule has 0 saturated carbocycles. The van der Waals surface area contributed by atoms with E-state index in [0.717, 1.165) is 9.42 Å². The van der Waals surface area contributed by atoms with Gasteiger partial charge in [-0.3, -0.25) is 0 Å². The molecule has 0 saturated heterocycles. The first kappa shape index (κ1) is 14.6. The van der Waals surface area contributed by atoms with Crippen LogP contribution in [0.5, 0.6) is 0 Å². The van der Waals surface area contributed by atoms with Crippen molar-refractivity contribution in [2.75, 3.05) is 0 Å². The largest absolute Gasteiger partial charge is 0.243 e. The zero-order valence-electron chi connectivity index (χ0n) is 10.00. The topological polar surface area (TPSA) is 12.4 Å². The monoisotopic (exact) mass is 317 g/mol. The van der Waals surface area contributed by atoms with Gasteiger partial charge >= 0.3 is 0 Å². The van der Waals surface area contributed by atoms with Crippen molar-refractivity contribution in [3.05, 3.63) is 36.6 Å². The second kappa shape index (κ2) is 7.85. The molecule has 84 valence electrons. The Morgan fingerprint density at radius 2 is 1.87 bits per heavy atom. The third kappa shape index (κ3) is 7.54. The Labute approximate surface area is 107 Å². The van der Waals surface area contributed by atoms with Crippen molar-refractivity contribution in [2.45, 2.75) is 27.7 Å². The predicted molar refractivity (Wildman–Crippen MR) is 78.6 cm³/mol. The van der Waals surface area contributed by atoms with Crippen LogP contribution < -0.4 is 0 Å². The van der Waals surface area contributed by atoms with Crippen molar-refractivity contribution in [1.82, 2.24) is 0 Å². The van der Waals surface area contributed by atoms with Crippen molar-refractivity contribution in [3.8, 4) is 0 Å². The molecule has 0 aliphatic heterocycles. The van der Waals surface area contributed by atoms with E-state index in [2.05, 4.69) is 67.1 Å². The molecular formula is C13H20IN. The summed E-state index contributed by atoms with van der Waals surface area (Å²) in [6.07, 6.45) is 8.09. The average molecular weight is 317 g/mol. The maximum absolute atomic E-state index is 4.33. The number of aliphatic imine (C=N–C) groups is 1. The molecule has 1 atom stereocenters. The summed E-state index contributed by atoms with van der Waals surface area (Å²) in [5.41, 5.74) is 0.795. The second-order valence-corrected chi connectivity index (χ2v) is 4.99. The number of allylic oxidation sites excluding steroid dienone is 4. The molecule has 0 fully saturated rings. The second-order valence-electron chi connectivity index (χ2n) is 3.89. The number of hydrogen-bond acceptors (Lipinski definition) is 1. The molecule has 0 unspecified atom stereocenters. The summed E-state index contributed by atoms with van der Waals surface area (Å²) < 4.78 is 0.975. The third-order valence-corrected chi connectivity index (χ3v) is 2.80. The lowest BCUT2D eigenvalue weighted by molar-refractivity contribution is 0.504. The third-order valence-electron chi connectivity index (χ3n) is 2.20. The van der Waals surface area contributed by atoms with E-state index < -0.39 is 0 Å².